The van der Waals surface area contributed by atoms with Crippen molar-refractivity contribution in [3.05, 3.63) is 30.1 Å². The van der Waals surface area contributed by atoms with Gasteiger partial charge in [-0.25, -0.2) is 0 Å². The van der Waals surface area contributed by atoms with Crippen molar-refractivity contribution in [2.24, 2.45) is 10.7 Å². The standard InChI is InChI=1S/C8H11N3.ClH/c1-2-10-8(9)7-5-3-4-6-11-7;/h3-6H,2H2,1H3,(H2,9,10);1H. The Kier molecular flexibility index (Phi) is 5.04. The largest absolute Gasteiger partial charge is 0.382 e. The van der Waals surface area contributed by atoms with Crippen molar-refractivity contribution in [1.29, 1.82) is 0 Å². The Labute approximate surface area is 78.1 Å². The first-order chi connectivity index (χ1) is 5.34. The minimum absolute atomic E-state index is 0. The molecule has 3 nitrogen and oxygen atoms in total. The highest BCUT2D eigenvalue weighted by Crippen LogP contribution is 1.91. The second-order valence-electron chi connectivity index (χ2n) is 2.07. The van der Waals surface area contributed by atoms with Gasteiger partial charge in [-0.2, -0.15) is 0 Å². The molecular weight excluding hydrogens is 174 g/mol. The van der Waals surface area contributed by atoms with E-state index in [-0.39, 0.29) is 12.4 Å². The third-order valence-electron chi connectivity index (χ3n) is 1.26. The fourth-order valence-electron chi connectivity index (χ4n) is 0.766. The molecule has 0 fully saturated rings. The van der Waals surface area contributed by atoms with Gasteiger partial charge < -0.3 is 5.73 Å². The van der Waals surface area contributed by atoms with Gasteiger partial charge in [0.2, 0.25) is 0 Å². The van der Waals surface area contributed by atoms with Crippen LogP contribution in [0.2, 0.25) is 0 Å². The summed E-state index contributed by atoms with van der Waals surface area (Å²) in [5, 5.41) is 0. The lowest BCUT2D eigenvalue weighted by molar-refractivity contribution is 1.11. The predicted octanol–water partition coefficient (Wildman–Crippen LogP) is 1.23. The third kappa shape index (κ3) is 2.88. The quantitative estimate of drug-likeness (QED) is 0.557. The lowest BCUT2D eigenvalue weighted by Gasteiger charge is -1.96. The summed E-state index contributed by atoms with van der Waals surface area (Å²) in [5.41, 5.74) is 6.34. The first-order valence-corrected chi connectivity index (χ1v) is 3.56. The molecule has 0 bridgehead atoms. The number of halogens is 1. The molecule has 0 aliphatic carbocycles. The van der Waals surface area contributed by atoms with Crippen LogP contribution in [-0.4, -0.2) is 17.4 Å². The van der Waals surface area contributed by atoms with Crippen molar-refractivity contribution in [3.63, 3.8) is 0 Å². The van der Waals surface area contributed by atoms with Crippen molar-refractivity contribution >= 4 is 18.2 Å². The van der Waals surface area contributed by atoms with Gasteiger partial charge in [0.05, 0.1) is 0 Å². The molecule has 12 heavy (non-hydrogen) atoms. The zero-order valence-corrected chi connectivity index (χ0v) is 7.71. The van der Waals surface area contributed by atoms with Gasteiger partial charge in [0.15, 0.2) is 0 Å². The van der Waals surface area contributed by atoms with Crippen LogP contribution in [0.15, 0.2) is 29.4 Å². The van der Waals surface area contributed by atoms with Gasteiger partial charge in [-0.1, -0.05) is 6.07 Å². The van der Waals surface area contributed by atoms with E-state index in [2.05, 4.69) is 9.98 Å². The second-order valence-corrected chi connectivity index (χ2v) is 2.07. The number of pyridine rings is 1. The van der Waals surface area contributed by atoms with Crippen molar-refractivity contribution in [3.8, 4) is 0 Å². The van der Waals surface area contributed by atoms with E-state index in [0.717, 1.165) is 5.69 Å². The van der Waals surface area contributed by atoms with Crippen LogP contribution in [-0.2, 0) is 0 Å². The molecule has 0 aromatic carbocycles. The van der Waals surface area contributed by atoms with Crippen molar-refractivity contribution in [1.82, 2.24) is 4.98 Å². The Hall–Kier alpha value is -1.09. The molecule has 0 atom stereocenters. The summed E-state index contributed by atoms with van der Waals surface area (Å²) in [6.07, 6.45) is 1.70. The molecular formula is C8H12ClN3. The van der Waals surface area contributed by atoms with E-state index >= 15 is 0 Å². The van der Waals surface area contributed by atoms with Crippen molar-refractivity contribution in [2.75, 3.05) is 6.54 Å². The summed E-state index contributed by atoms with van der Waals surface area (Å²) >= 11 is 0. The Bertz CT molecular complexity index is 246. The van der Waals surface area contributed by atoms with Crippen LogP contribution in [0.1, 0.15) is 12.6 Å². The van der Waals surface area contributed by atoms with E-state index in [1.807, 2.05) is 25.1 Å². The molecule has 0 saturated heterocycles. The smallest absolute Gasteiger partial charge is 0.144 e. The van der Waals surface area contributed by atoms with E-state index in [1.54, 1.807) is 6.20 Å². The average Bonchev–Trinajstić information content (AvgIpc) is 2.07. The number of nitrogens with two attached hydrogens (primary N) is 1. The van der Waals surface area contributed by atoms with Gasteiger partial charge in [0.1, 0.15) is 11.5 Å². The molecule has 4 heteroatoms. The highest BCUT2D eigenvalue weighted by atomic mass is 35.5. The molecule has 0 aliphatic rings. The Morgan fingerprint density at radius 3 is 2.83 bits per heavy atom. The zero-order valence-electron chi connectivity index (χ0n) is 6.90. The average molecular weight is 186 g/mol. The molecule has 0 unspecified atom stereocenters. The van der Waals surface area contributed by atoms with E-state index in [0.29, 0.717) is 12.4 Å². The molecule has 0 saturated carbocycles. The maximum absolute atomic E-state index is 5.59. The topological polar surface area (TPSA) is 51.3 Å². The summed E-state index contributed by atoms with van der Waals surface area (Å²) in [6, 6.07) is 5.58. The third-order valence-corrected chi connectivity index (χ3v) is 1.26. The van der Waals surface area contributed by atoms with Gasteiger partial charge in [0, 0.05) is 12.7 Å². The Balaban J connectivity index is 0.00000121. The van der Waals surface area contributed by atoms with Gasteiger partial charge in [-0.05, 0) is 19.1 Å². The zero-order chi connectivity index (χ0) is 8.10. The van der Waals surface area contributed by atoms with Gasteiger partial charge in [-0.15, -0.1) is 12.4 Å². The second kappa shape index (κ2) is 5.55. The number of hydrogen-bond acceptors (Lipinski definition) is 2. The van der Waals surface area contributed by atoms with Crippen LogP contribution >= 0.6 is 12.4 Å². The molecule has 1 heterocycles. The number of rotatable bonds is 2. The number of aliphatic imine (C=N–C) groups is 1. The molecule has 0 spiro atoms. The lowest BCUT2D eigenvalue weighted by atomic mass is 10.3. The number of aromatic nitrogens is 1. The maximum Gasteiger partial charge on any atom is 0.144 e. The Morgan fingerprint density at radius 2 is 2.33 bits per heavy atom. The highest BCUT2D eigenvalue weighted by molar-refractivity contribution is 5.95. The minimum Gasteiger partial charge on any atom is -0.382 e. The first-order valence-electron chi connectivity index (χ1n) is 3.56. The normalized spacial score (nSPS) is 10.6. The van der Waals surface area contributed by atoms with E-state index in [4.69, 9.17) is 5.73 Å². The van der Waals surface area contributed by atoms with E-state index < -0.39 is 0 Å². The molecule has 0 aliphatic heterocycles. The van der Waals surface area contributed by atoms with E-state index in [1.165, 1.54) is 0 Å². The van der Waals surface area contributed by atoms with E-state index in [9.17, 15) is 0 Å². The summed E-state index contributed by atoms with van der Waals surface area (Å²) in [4.78, 5) is 8.07. The van der Waals surface area contributed by atoms with Crippen LogP contribution in [0, 0.1) is 0 Å². The van der Waals surface area contributed by atoms with Gasteiger partial charge in [0.25, 0.3) is 0 Å². The predicted molar refractivity (Wildman–Crippen MR) is 52.8 cm³/mol. The van der Waals surface area contributed by atoms with Crippen LogP contribution < -0.4 is 5.73 Å². The molecule has 0 amide bonds. The van der Waals surface area contributed by atoms with Gasteiger partial charge >= 0.3 is 0 Å². The van der Waals surface area contributed by atoms with Crippen LogP contribution in [0.3, 0.4) is 0 Å². The Morgan fingerprint density at radius 1 is 1.58 bits per heavy atom. The monoisotopic (exact) mass is 185 g/mol. The molecule has 66 valence electrons. The van der Waals surface area contributed by atoms with Gasteiger partial charge in [-0.3, -0.25) is 9.98 Å². The summed E-state index contributed by atoms with van der Waals surface area (Å²) < 4.78 is 0. The highest BCUT2D eigenvalue weighted by Gasteiger charge is 1.94. The number of nitrogens with zero attached hydrogens (tertiary/aromatic N) is 2. The number of amidine groups is 1. The summed E-state index contributed by atoms with van der Waals surface area (Å²) in [6.45, 7) is 2.64. The maximum atomic E-state index is 5.59. The first kappa shape index (κ1) is 10.9. The SMILES string of the molecule is CCN=C(N)c1ccccn1.Cl. The fraction of sp³-hybridized carbons (Fsp3) is 0.250. The lowest BCUT2D eigenvalue weighted by Crippen LogP contribution is -2.14. The van der Waals surface area contributed by atoms with Crippen LogP contribution in [0.5, 0.6) is 0 Å². The number of hydrogen-bond donors (Lipinski definition) is 1. The van der Waals surface area contributed by atoms with Crippen molar-refractivity contribution < 1.29 is 0 Å². The molecule has 1 aromatic heterocycles. The fourth-order valence-corrected chi connectivity index (χ4v) is 0.766. The van der Waals surface area contributed by atoms with Crippen molar-refractivity contribution in [2.45, 2.75) is 6.92 Å². The molecule has 1 rings (SSSR count). The minimum atomic E-state index is 0. The molecule has 2 N–H and O–H groups in total. The van der Waals surface area contributed by atoms with Crippen LogP contribution in [0.4, 0.5) is 0 Å². The molecule has 1 aromatic rings. The van der Waals surface area contributed by atoms with Crippen LogP contribution in [0.25, 0.3) is 0 Å². The molecule has 0 radical (unpaired) electrons. The summed E-state index contributed by atoms with van der Waals surface area (Å²) in [7, 11) is 0. The summed E-state index contributed by atoms with van der Waals surface area (Å²) in [5.74, 6) is 0.508.